The van der Waals surface area contributed by atoms with E-state index >= 15 is 0 Å². The van der Waals surface area contributed by atoms with Crippen molar-refractivity contribution < 1.29 is 19.4 Å². The van der Waals surface area contributed by atoms with Gasteiger partial charge in [-0.25, -0.2) is 4.79 Å². The van der Waals surface area contributed by atoms with E-state index in [2.05, 4.69) is 33.9 Å². The summed E-state index contributed by atoms with van der Waals surface area (Å²) < 4.78 is 15.8. The van der Waals surface area contributed by atoms with Crippen molar-refractivity contribution in [3.63, 3.8) is 0 Å². The number of benzene rings is 3. The number of carbonyl (C=O) groups is 1. The molecule has 0 spiro atoms. The number of hydrogen-bond acceptors (Lipinski definition) is 6. The second-order valence-corrected chi connectivity index (χ2v) is 10.5. The fourth-order valence-corrected chi connectivity index (χ4v) is 5.90. The second kappa shape index (κ2) is 13.2. The van der Waals surface area contributed by atoms with Crippen LogP contribution in [0.2, 0.25) is 0 Å². The van der Waals surface area contributed by atoms with Gasteiger partial charge in [0.05, 0.1) is 31.0 Å². The average Bonchev–Trinajstić information content (AvgIpc) is 3.48. The second-order valence-electron chi connectivity index (χ2n) is 10.5. The highest BCUT2D eigenvalue weighted by atomic mass is 16.5. The van der Waals surface area contributed by atoms with Gasteiger partial charge in [-0.3, -0.25) is 4.68 Å². The highest BCUT2D eigenvalue weighted by Gasteiger charge is 2.27. The Kier molecular flexibility index (Phi) is 9.25. The number of rotatable bonds is 13. The number of ether oxygens (including phenoxy) is 2. The molecule has 0 saturated carbocycles. The van der Waals surface area contributed by atoms with Crippen LogP contribution in [0, 0.1) is 6.92 Å². The molecule has 5 aromatic rings. The smallest absolute Gasteiger partial charge is 0.355 e. The molecule has 42 heavy (non-hydrogen) atoms. The Balaban J connectivity index is 1.57. The van der Waals surface area contributed by atoms with Crippen LogP contribution in [0.1, 0.15) is 53.6 Å². The van der Waals surface area contributed by atoms with Gasteiger partial charge >= 0.3 is 5.97 Å². The number of carbonyl (C=O) groups excluding carboxylic acids is 1. The van der Waals surface area contributed by atoms with Gasteiger partial charge in [-0.1, -0.05) is 54.6 Å². The number of esters is 1. The Morgan fingerprint density at radius 3 is 2.55 bits per heavy atom. The number of aryl methyl sites for hydroxylation is 3. The zero-order valence-corrected chi connectivity index (χ0v) is 24.7. The van der Waals surface area contributed by atoms with Gasteiger partial charge in [-0.05, 0) is 63.1 Å². The number of aliphatic hydroxyl groups is 1. The first kappa shape index (κ1) is 29.4. The van der Waals surface area contributed by atoms with Crippen molar-refractivity contribution >= 4 is 27.6 Å². The molecule has 0 amide bonds. The molecule has 0 bridgehead atoms. The van der Waals surface area contributed by atoms with E-state index in [0.717, 1.165) is 69.1 Å². The third-order valence-electron chi connectivity index (χ3n) is 7.90. The molecule has 0 radical (unpaired) electrons. The SMILES string of the molecule is CCOC(=O)c1c(CCCOc2cccc3ccccc23)c2cccc(-c3c(CO)nn(C)c3C)c2n1CCCCN. The Bertz CT molecular complexity index is 1700. The lowest BCUT2D eigenvalue weighted by atomic mass is 9.98. The van der Waals surface area contributed by atoms with Crippen LogP contribution >= 0.6 is 0 Å². The highest BCUT2D eigenvalue weighted by Crippen LogP contribution is 2.38. The van der Waals surface area contributed by atoms with Crippen LogP contribution in [0.5, 0.6) is 5.75 Å². The molecule has 0 aliphatic carbocycles. The molecule has 0 atom stereocenters. The molecule has 3 N–H and O–H groups in total. The maximum absolute atomic E-state index is 13.6. The summed E-state index contributed by atoms with van der Waals surface area (Å²) in [5.41, 5.74) is 11.7. The third kappa shape index (κ3) is 5.65. The summed E-state index contributed by atoms with van der Waals surface area (Å²) in [7, 11) is 1.88. The summed E-state index contributed by atoms with van der Waals surface area (Å²) >= 11 is 0. The number of nitrogens with zero attached hydrogens (tertiary/aromatic N) is 3. The van der Waals surface area contributed by atoms with Gasteiger partial charge in [0.1, 0.15) is 11.4 Å². The fraction of sp³-hybridized carbons (Fsp3) is 0.353. The lowest BCUT2D eigenvalue weighted by Gasteiger charge is -2.14. The first-order valence-electron chi connectivity index (χ1n) is 14.8. The Morgan fingerprint density at radius 2 is 1.76 bits per heavy atom. The third-order valence-corrected chi connectivity index (χ3v) is 7.90. The van der Waals surface area contributed by atoms with Gasteiger partial charge in [0.15, 0.2) is 0 Å². The van der Waals surface area contributed by atoms with Crippen molar-refractivity contribution in [3.05, 3.63) is 83.3 Å². The van der Waals surface area contributed by atoms with Gasteiger partial charge in [0, 0.05) is 41.2 Å². The summed E-state index contributed by atoms with van der Waals surface area (Å²) in [6.45, 7) is 5.65. The van der Waals surface area contributed by atoms with E-state index in [0.29, 0.717) is 37.5 Å². The number of fused-ring (bicyclic) bond motifs is 2. The van der Waals surface area contributed by atoms with Crippen LogP contribution in [-0.2, 0) is 31.4 Å². The zero-order valence-electron chi connectivity index (χ0n) is 24.7. The number of para-hydroxylation sites is 1. The minimum absolute atomic E-state index is 0.176. The van der Waals surface area contributed by atoms with Crippen LogP contribution in [0.4, 0.5) is 0 Å². The van der Waals surface area contributed by atoms with Crippen molar-refractivity contribution in [2.45, 2.75) is 52.7 Å². The Hall–Kier alpha value is -4.14. The summed E-state index contributed by atoms with van der Waals surface area (Å²) in [4.78, 5) is 13.6. The summed E-state index contributed by atoms with van der Waals surface area (Å²) in [6.07, 6.45) is 3.02. The summed E-state index contributed by atoms with van der Waals surface area (Å²) in [5, 5.41) is 17.9. The Morgan fingerprint density at radius 1 is 1.00 bits per heavy atom. The molecule has 2 aromatic heterocycles. The molecule has 8 heteroatoms. The molecule has 0 aliphatic heterocycles. The van der Waals surface area contributed by atoms with Crippen LogP contribution in [0.3, 0.4) is 0 Å². The van der Waals surface area contributed by atoms with Gasteiger partial charge < -0.3 is 24.9 Å². The summed E-state index contributed by atoms with van der Waals surface area (Å²) in [5.74, 6) is 0.525. The van der Waals surface area contributed by atoms with Gasteiger partial charge in [-0.2, -0.15) is 5.10 Å². The molecule has 0 fully saturated rings. The van der Waals surface area contributed by atoms with E-state index in [-0.39, 0.29) is 19.2 Å². The predicted molar refractivity (Wildman–Crippen MR) is 167 cm³/mol. The molecule has 5 rings (SSSR count). The molecular weight excluding hydrogens is 528 g/mol. The fourth-order valence-electron chi connectivity index (χ4n) is 5.90. The lowest BCUT2D eigenvalue weighted by molar-refractivity contribution is 0.0512. The highest BCUT2D eigenvalue weighted by molar-refractivity contribution is 6.05. The van der Waals surface area contributed by atoms with Crippen molar-refractivity contribution in [1.82, 2.24) is 14.3 Å². The van der Waals surface area contributed by atoms with Gasteiger partial charge in [0.25, 0.3) is 0 Å². The van der Waals surface area contributed by atoms with Gasteiger partial charge in [-0.15, -0.1) is 0 Å². The topological polar surface area (TPSA) is 105 Å². The van der Waals surface area contributed by atoms with E-state index < -0.39 is 0 Å². The van der Waals surface area contributed by atoms with Crippen LogP contribution in [0.25, 0.3) is 32.8 Å². The van der Waals surface area contributed by atoms with Crippen molar-refractivity contribution in [2.24, 2.45) is 12.8 Å². The van der Waals surface area contributed by atoms with E-state index in [9.17, 15) is 9.90 Å². The quantitative estimate of drug-likeness (QED) is 0.135. The number of aromatic nitrogens is 3. The minimum atomic E-state index is -0.331. The molecular formula is C34H40N4O4. The number of hydrogen-bond donors (Lipinski definition) is 2. The van der Waals surface area contributed by atoms with E-state index in [1.807, 2.05) is 57.3 Å². The number of aliphatic hydroxyl groups excluding tert-OH is 1. The Labute approximate surface area is 246 Å². The molecule has 0 unspecified atom stereocenters. The molecule has 0 aliphatic rings. The number of unbranched alkanes of at least 4 members (excludes halogenated alkanes) is 1. The standard InChI is InChI=1S/C34H40N4O4/c1-4-41-34(40)33-27(17-11-21-42-30-18-9-13-24-12-5-6-14-25(24)30)26-15-10-16-28(32(26)38(33)20-8-7-19-35)31-23(2)37(3)36-29(31)22-39/h5-6,9-10,12-16,18,39H,4,7-8,11,17,19-22,35H2,1-3H3. The zero-order chi connectivity index (χ0) is 29.6. The molecule has 220 valence electrons. The van der Waals surface area contributed by atoms with E-state index in [1.54, 1.807) is 4.68 Å². The normalized spacial score (nSPS) is 11.5. The maximum Gasteiger partial charge on any atom is 0.355 e. The molecule has 8 nitrogen and oxygen atoms in total. The van der Waals surface area contributed by atoms with Crippen molar-refractivity contribution in [1.29, 1.82) is 0 Å². The largest absolute Gasteiger partial charge is 0.493 e. The lowest BCUT2D eigenvalue weighted by Crippen LogP contribution is -2.15. The van der Waals surface area contributed by atoms with Crippen LogP contribution in [-0.4, -0.2) is 45.2 Å². The maximum atomic E-state index is 13.6. The van der Waals surface area contributed by atoms with E-state index in [4.69, 9.17) is 15.2 Å². The first-order valence-corrected chi connectivity index (χ1v) is 14.8. The minimum Gasteiger partial charge on any atom is -0.493 e. The van der Waals surface area contributed by atoms with Crippen LogP contribution < -0.4 is 10.5 Å². The monoisotopic (exact) mass is 568 g/mol. The molecule has 2 heterocycles. The molecule has 3 aromatic carbocycles. The molecule has 0 saturated heterocycles. The van der Waals surface area contributed by atoms with Crippen molar-refractivity contribution in [3.8, 4) is 16.9 Å². The average molecular weight is 569 g/mol. The van der Waals surface area contributed by atoms with Crippen LogP contribution in [0.15, 0.2) is 60.7 Å². The predicted octanol–water partition coefficient (Wildman–Crippen LogP) is 5.92. The number of nitrogens with two attached hydrogens (primary N) is 1. The summed E-state index contributed by atoms with van der Waals surface area (Å²) in [6, 6.07) is 20.4. The van der Waals surface area contributed by atoms with Gasteiger partial charge in [0.2, 0.25) is 0 Å². The van der Waals surface area contributed by atoms with Crippen molar-refractivity contribution in [2.75, 3.05) is 19.8 Å². The van der Waals surface area contributed by atoms with E-state index in [1.165, 1.54) is 0 Å². The first-order chi connectivity index (χ1) is 20.5.